The topological polar surface area (TPSA) is 75.1 Å². The fraction of sp³-hybridized carbons (Fsp3) is 0.400. The monoisotopic (exact) mass is 141 g/mol. The second-order valence-electron chi connectivity index (χ2n) is 1.27. The Balaban J connectivity index is 3.66. The molecule has 0 atom stereocenters. The molecule has 0 bridgehead atoms. The van der Waals surface area contributed by atoms with E-state index in [1.54, 1.807) is 6.92 Å². The molecule has 0 N–H and O–H groups in total. The number of rotatable bonds is 3. The summed E-state index contributed by atoms with van der Waals surface area (Å²) in [6, 6.07) is 0. The molecule has 54 valence electrons. The molecule has 0 aromatic carbocycles. The van der Waals surface area contributed by atoms with Crippen molar-refractivity contribution in [2.75, 3.05) is 6.61 Å². The van der Waals surface area contributed by atoms with Crippen LogP contribution in [0.4, 0.5) is 0 Å². The molecule has 0 aliphatic heterocycles. The van der Waals surface area contributed by atoms with Crippen molar-refractivity contribution in [3.05, 3.63) is 22.7 Å². The summed E-state index contributed by atoms with van der Waals surface area (Å²) in [4.78, 5) is 12.8. The van der Waals surface area contributed by atoms with E-state index in [1.807, 2.05) is 0 Å². The summed E-state index contributed by atoms with van der Waals surface area (Å²) in [5, 5.41) is 2.99. The lowest BCUT2D eigenvalue weighted by Crippen LogP contribution is -1.98. The van der Waals surface area contributed by atoms with Gasteiger partial charge in [0.25, 0.3) is 0 Å². The van der Waals surface area contributed by atoms with Crippen molar-refractivity contribution in [3.8, 4) is 0 Å². The first kappa shape index (κ1) is 8.52. The number of esters is 1. The highest BCUT2D eigenvalue weighted by atomic mass is 16.5. The van der Waals surface area contributed by atoms with E-state index in [0.29, 0.717) is 6.61 Å². The van der Waals surface area contributed by atoms with Gasteiger partial charge in [-0.15, -0.1) is 0 Å². The van der Waals surface area contributed by atoms with Gasteiger partial charge in [-0.2, -0.15) is 0 Å². The van der Waals surface area contributed by atoms with Crippen LogP contribution >= 0.6 is 0 Å². The second-order valence-corrected chi connectivity index (χ2v) is 1.27. The lowest BCUT2D eigenvalue weighted by Gasteiger charge is -1.91. The second kappa shape index (κ2) is 5.65. The van der Waals surface area contributed by atoms with E-state index in [4.69, 9.17) is 5.53 Å². The van der Waals surface area contributed by atoms with Gasteiger partial charge in [0.1, 0.15) is 0 Å². The molecule has 0 unspecified atom stereocenters. The summed E-state index contributed by atoms with van der Waals surface area (Å²) >= 11 is 0. The van der Waals surface area contributed by atoms with E-state index in [1.165, 1.54) is 0 Å². The molecule has 0 fully saturated rings. The first-order valence-corrected chi connectivity index (χ1v) is 2.68. The van der Waals surface area contributed by atoms with Crippen LogP contribution in [0.3, 0.4) is 0 Å². The molecule has 0 aliphatic carbocycles. The van der Waals surface area contributed by atoms with Crippen LogP contribution in [-0.4, -0.2) is 12.6 Å². The van der Waals surface area contributed by atoms with Gasteiger partial charge >= 0.3 is 5.97 Å². The third-order valence-corrected chi connectivity index (χ3v) is 0.616. The van der Waals surface area contributed by atoms with Crippen molar-refractivity contribution in [1.82, 2.24) is 0 Å². The first-order chi connectivity index (χ1) is 4.81. The lowest BCUT2D eigenvalue weighted by molar-refractivity contribution is -0.137. The fourth-order valence-corrected chi connectivity index (χ4v) is 0.314. The van der Waals surface area contributed by atoms with E-state index >= 15 is 0 Å². The smallest absolute Gasteiger partial charge is 0.330 e. The highest BCUT2D eigenvalue weighted by molar-refractivity contribution is 5.81. The van der Waals surface area contributed by atoms with E-state index in [9.17, 15) is 4.79 Å². The van der Waals surface area contributed by atoms with Crippen molar-refractivity contribution >= 4 is 5.97 Å². The van der Waals surface area contributed by atoms with Gasteiger partial charge in [-0.25, -0.2) is 4.79 Å². The molecular formula is C5H7N3O2. The minimum Gasteiger partial charge on any atom is -0.463 e. The first-order valence-electron chi connectivity index (χ1n) is 2.68. The Morgan fingerprint density at radius 2 is 2.60 bits per heavy atom. The average Bonchev–Trinajstić information content (AvgIpc) is 1.89. The molecule has 0 spiro atoms. The number of hydrogen-bond donors (Lipinski definition) is 0. The summed E-state index contributed by atoms with van der Waals surface area (Å²) in [7, 11) is 0. The molecule has 0 amide bonds. The molecule has 5 nitrogen and oxygen atoms in total. The third-order valence-electron chi connectivity index (χ3n) is 0.616. The SMILES string of the molecule is CCOC(=O)/C=C/N=[N+]=[N-]. The summed E-state index contributed by atoms with van der Waals surface area (Å²) in [6.07, 6.45) is 2.10. The zero-order valence-corrected chi connectivity index (χ0v) is 5.52. The number of carbonyl (C=O) groups is 1. The van der Waals surface area contributed by atoms with Crippen LogP contribution in [0.1, 0.15) is 6.92 Å². The standard InChI is InChI=1S/C5H7N3O2/c1-2-10-5(9)3-4-7-8-6/h3-4H,2H2,1H3/b4-3+. The minimum absolute atomic E-state index is 0.319. The van der Waals surface area contributed by atoms with Crippen LogP contribution in [0.15, 0.2) is 17.4 Å². The number of nitrogens with zero attached hydrogens (tertiary/aromatic N) is 3. The molecule has 0 aromatic rings. The van der Waals surface area contributed by atoms with Gasteiger partial charge in [0.2, 0.25) is 0 Å². The van der Waals surface area contributed by atoms with Gasteiger partial charge in [-0.05, 0) is 12.5 Å². The molecular weight excluding hydrogens is 134 g/mol. The number of hydrogen-bond acceptors (Lipinski definition) is 3. The summed E-state index contributed by atoms with van der Waals surface area (Å²) in [6.45, 7) is 2.01. The Hall–Kier alpha value is -1.48. The van der Waals surface area contributed by atoms with Gasteiger partial charge in [0.15, 0.2) is 0 Å². The predicted octanol–water partition coefficient (Wildman–Crippen LogP) is 1.37. The van der Waals surface area contributed by atoms with Gasteiger partial charge in [0.05, 0.1) is 6.61 Å². The molecule has 0 aliphatic rings. The Bertz CT molecular complexity index is 181. The van der Waals surface area contributed by atoms with Crippen LogP contribution in [-0.2, 0) is 9.53 Å². The highest BCUT2D eigenvalue weighted by Gasteiger charge is 1.89. The van der Waals surface area contributed by atoms with Crippen LogP contribution in [0.25, 0.3) is 10.4 Å². The largest absolute Gasteiger partial charge is 0.463 e. The lowest BCUT2D eigenvalue weighted by atomic mass is 10.6. The zero-order valence-electron chi connectivity index (χ0n) is 5.52. The molecule has 0 radical (unpaired) electrons. The van der Waals surface area contributed by atoms with Gasteiger partial charge in [-0.3, -0.25) is 0 Å². The maximum Gasteiger partial charge on any atom is 0.330 e. The molecule has 0 aromatic heterocycles. The third kappa shape index (κ3) is 4.67. The Kier molecular flexibility index (Phi) is 4.82. The Labute approximate surface area is 57.9 Å². The molecule has 0 rings (SSSR count). The summed E-state index contributed by atoms with van der Waals surface area (Å²) in [5.41, 5.74) is 7.76. The highest BCUT2D eigenvalue weighted by Crippen LogP contribution is 1.81. The normalized spacial score (nSPS) is 8.90. The molecule has 0 saturated heterocycles. The summed E-state index contributed by atoms with van der Waals surface area (Å²) < 4.78 is 4.48. The number of carbonyl (C=O) groups excluding carboxylic acids is 1. The molecule has 0 saturated carbocycles. The van der Waals surface area contributed by atoms with Crippen LogP contribution in [0.2, 0.25) is 0 Å². The maximum atomic E-state index is 10.4. The van der Waals surface area contributed by atoms with Crippen molar-refractivity contribution in [3.63, 3.8) is 0 Å². The minimum atomic E-state index is -0.505. The van der Waals surface area contributed by atoms with Crippen LogP contribution in [0, 0.1) is 0 Å². The fourth-order valence-electron chi connectivity index (χ4n) is 0.314. The predicted molar refractivity (Wildman–Crippen MR) is 34.9 cm³/mol. The Morgan fingerprint density at radius 3 is 3.10 bits per heavy atom. The van der Waals surface area contributed by atoms with Crippen molar-refractivity contribution in [2.45, 2.75) is 6.92 Å². The van der Waals surface area contributed by atoms with Gasteiger partial charge in [-0.1, -0.05) is 5.11 Å². The van der Waals surface area contributed by atoms with Crippen molar-refractivity contribution in [2.24, 2.45) is 5.11 Å². The summed E-state index contributed by atoms with van der Waals surface area (Å²) in [5.74, 6) is -0.505. The van der Waals surface area contributed by atoms with E-state index in [2.05, 4.69) is 14.8 Å². The van der Waals surface area contributed by atoms with Gasteiger partial charge in [0, 0.05) is 17.2 Å². The molecule has 5 heteroatoms. The van der Waals surface area contributed by atoms with Crippen LogP contribution in [0.5, 0.6) is 0 Å². The van der Waals surface area contributed by atoms with E-state index < -0.39 is 5.97 Å². The van der Waals surface area contributed by atoms with Gasteiger partial charge < -0.3 is 4.74 Å². The van der Waals surface area contributed by atoms with Crippen molar-refractivity contribution < 1.29 is 9.53 Å². The van der Waals surface area contributed by atoms with E-state index in [0.717, 1.165) is 12.3 Å². The Morgan fingerprint density at radius 1 is 1.90 bits per heavy atom. The number of azide groups is 1. The van der Waals surface area contributed by atoms with Crippen molar-refractivity contribution in [1.29, 1.82) is 0 Å². The maximum absolute atomic E-state index is 10.4. The molecule has 0 heterocycles. The number of ether oxygens (including phenoxy) is 1. The quantitative estimate of drug-likeness (QED) is 0.196. The zero-order chi connectivity index (χ0) is 7.82. The van der Waals surface area contributed by atoms with Crippen LogP contribution < -0.4 is 0 Å². The van der Waals surface area contributed by atoms with E-state index in [-0.39, 0.29) is 0 Å². The molecule has 10 heavy (non-hydrogen) atoms. The average molecular weight is 141 g/mol.